The highest BCUT2D eigenvalue weighted by Crippen LogP contribution is 2.30. The monoisotopic (exact) mass is 378 g/mol. The lowest BCUT2D eigenvalue weighted by atomic mass is 10.0. The summed E-state index contributed by atoms with van der Waals surface area (Å²) in [5.74, 6) is 0.422. The van der Waals surface area contributed by atoms with Crippen molar-refractivity contribution >= 4 is 11.8 Å². The van der Waals surface area contributed by atoms with Crippen LogP contribution in [-0.4, -0.2) is 30.5 Å². The van der Waals surface area contributed by atoms with Gasteiger partial charge >= 0.3 is 6.09 Å². The molecule has 28 heavy (non-hydrogen) atoms. The molecule has 0 bridgehead atoms. The van der Waals surface area contributed by atoms with Crippen LogP contribution in [0.3, 0.4) is 0 Å². The molecule has 1 atom stereocenters. The largest absolute Gasteiger partial charge is 0.479 e. The predicted octanol–water partition coefficient (Wildman–Crippen LogP) is 3.57. The van der Waals surface area contributed by atoms with Gasteiger partial charge in [-0.15, -0.1) is 5.10 Å². The Kier molecular flexibility index (Phi) is 6.18. The van der Waals surface area contributed by atoms with Crippen LogP contribution in [0.15, 0.2) is 60.7 Å². The Hall–Kier alpha value is -3.45. The lowest BCUT2D eigenvalue weighted by Gasteiger charge is -2.13. The molecule has 0 saturated carbocycles. The maximum Gasteiger partial charge on any atom is 0.411 e. The fraction of sp³-hybridized carbons (Fsp3) is 0.190. The molecule has 7 nitrogen and oxygen atoms in total. The van der Waals surface area contributed by atoms with Crippen molar-refractivity contribution in [3.63, 3.8) is 0 Å². The van der Waals surface area contributed by atoms with Gasteiger partial charge in [0, 0.05) is 23.7 Å². The molecule has 0 spiro atoms. The van der Waals surface area contributed by atoms with Gasteiger partial charge in [0.2, 0.25) is 5.88 Å². The minimum Gasteiger partial charge on any atom is -0.479 e. The lowest BCUT2D eigenvalue weighted by molar-refractivity contribution is 0.187. The Balaban J connectivity index is 1.84. The van der Waals surface area contributed by atoms with Crippen molar-refractivity contribution in [3.05, 3.63) is 71.9 Å². The lowest BCUT2D eigenvalue weighted by Crippen LogP contribution is -2.14. The number of anilines is 1. The number of carbonyl (C=O) groups is 1. The summed E-state index contributed by atoms with van der Waals surface area (Å²) in [6.45, 7) is 0. The van der Waals surface area contributed by atoms with Crippen LogP contribution in [0.1, 0.15) is 17.3 Å². The smallest absolute Gasteiger partial charge is 0.411 e. The molecule has 0 saturated heterocycles. The minimum atomic E-state index is -0.520. The number of nitrogens with two attached hydrogens (primary N) is 1. The molecule has 0 radical (unpaired) electrons. The van der Waals surface area contributed by atoms with Gasteiger partial charge in [-0.2, -0.15) is 5.10 Å². The number of rotatable bonds is 6. The van der Waals surface area contributed by atoms with E-state index in [1.54, 1.807) is 19.2 Å². The second-order valence-electron chi connectivity index (χ2n) is 6.17. The summed E-state index contributed by atoms with van der Waals surface area (Å²) in [5, 5.41) is 11.0. The van der Waals surface area contributed by atoms with Gasteiger partial charge in [0.1, 0.15) is 0 Å². The molecule has 3 N–H and O–H groups in total. The van der Waals surface area contributed by atoms with E-state index in [1.807, 2.05) is 48.5 Å². The van der Waals surface area contributed by atoms with E-state index in [2.05, 4.69) is 20.3 Å². The Bertz CT molecular complexity index is 930. The topological polar surface area (TPSA) is 99.4 Å². The summed E-state index contributed by atoms with van der Waals surface area (Å²) in [6.07, 6.45) is 0.0313. The molecule has 0 fully saturated rings. The molecule has 7 heteroatoms. The number of methoxy groups -OCH3 is 2. The third-order valence-corrected chi connectivity index (χ3v) is 4.29. The second kappa shape index (κ2) is 8.96. The summed E-state index contributed by atoms with van der Waals surface area (Å²) in [4.78, 5) is 11.3. The number of amides is 1. The molecule has 2 aromatic carbocycles. The summed E-state index contributed by atoms with van der Waals surface area (Å²) >= 11 is 0. The van der Waals surface area contributed by atoms with Gasteiger partial charge in [0.15, 0.2) is 0 Å². The van der Waals surface area contributed by atoms with Crippen LogP contribution >= 0.6 is 0 Å². The van der Waals surface area contributed by atoms with Crippen molar-refractivity contribution < 1.29 is 14.3 Å². The van der Waals surface area contributed by atoms with Crippen LogP contribution in [0.5, 0.6) is 5.88 Å². The zero-order valence-electron chi connectivity index (χ0n) is 15.8. The van der Waals surface area contributed by atoms with E-state index in [-0.39, 0.29) is 6.04 Å². The third-order valence-electron chi connectivity index (χ3n) is 4.29. The molecule has 0 unspecified atom stereocenters. The normalized spacial score (nSPS) is 11.5. The summed E-state index contributed by atoms with van der Waals surface area (Å²) in [5.41, 5.74) is 10.4. The standard InChI is InChI=1S/C21H22N4O3/c1-27-20-18(14-8-10-16(11-9-14)23-21(26)28-2)12-17(24-25-20)13-19(22)15-6-4-3-5-7-15/h3-12,19H,13,22H2,1-2H3,(H,23,26)/t19-/m0/s1. The van der Waals surface area contributed by atoms with Gasteiger partial charge in [-0.05, 0) is 29.3 Å². The molecule has 1 aromatic heterocycles. The summed E-state index contributed by atoms with van der Waals surface area (Å²) in [6, 6.07) is 18.9. The van der Waals surface area contributed by atoms with Gasteiger partial charge in [-0.1, -0.05) is 42.5 Å². The summed E-state index contributed by atoms with van der Waals surface area (Å²) in [7, 11) is 2.87. The van der Waals surface area contributed by atoms with Crippen molar-refractivity contribution in [2.24, 2.45) is 5.73 Å². The Labute approximate surface area is 163 Å². The van der Waals surface area contributed by atoms with Crippen LogP contribution in [0, 0.1) is 0 Å². The van der Waals surface area contributed by atoms with E-state index in [4.69, 9.17) is 10.5 Å². The van der Waals surface area contributed by atoms with Crippen LogP contribution in [0.4, 0.5) is 10.5 Å². The Morgan fingerprint density at radius 2 is 1.79 bits per heavy atom. The zero-order valence-corrected chi connectivity index (χ0v) is 15.8. The fourth-order valence-electron chi connectivity index (χ4n) is 2.82. The minimum absolute atomic E-state index is 0.177. The number of carbonyl (C=O) groups excluding carboxylic acids is 1. The summed E-state index contributed by atoms with van der Waals surface area (Å²) < 4.78 is 9.96. The number of benzene rings is 2. The zero-order chi connectivity index (χ0) is 19.9. The van der Waals surface area contributed by atoms with Crippen LogP contribution < -0.4 is 15.8 Å². The van der Waals surface area contributed by atoms with Crippen LogP contribution in [-0.2, 0) is 11.2 Å². The van der Waals surface area contributed by atoms with E-state index < -0.39 is 6.09 Å². The number of hydrogen-bond acceptors (Lipinski definition) is 6. The predicted molar refractivity (Wildman–Crippen MR) is 107 cm³/mol. The van der Waals surface area contributed by atoms with Gasteiger partial charge < -0.3 is 15.2 Å². The number of nitrogens with one attached hydrogen (secondary N) is 1. The van der Waals surface area contributed by atoms with Crippen molar-refractivity contribution in [1.82, 2.24) is 10.2 Å². The maximum absolute atomic E-state index is 11.3. The van der Waals surface area contributed by atoms with E-state index in [0.717, 1.165) is 22.4 Å². The van der Waals surface area contributed by atoms with E-state index >= 15 is 0 Å². The van der Waals surface area contributed by atoms with E-state index in [9.17, 15) is 4.79 Å². The molecule has 0 aliphatic rings. The number of ether oxygens (including phenoxy) is 2. The van der Waals surface area contributed by atoms with Crippen molar-refractivity contribution in [3.8, 4) is 17.0 Å². The molecule has 1 heterocycles. The molecular formula is C21H22N4O3. The second-order valence-corrected chi connectivity index (χ2v) is 6.17. The van der Waals surface area contributed by atoms with Crippen LogP contribution in [0.2, 0.25) is 0 Å². The molecule has 3 rings (SSSR count). The van der Waals surface area contributed by atoms with E-state index in [0.29, 0.717) is 18.0 Å². The van der Waals surface area contributed by atoms with Crippen molar-refractivity contribution in [2.45, 2.75) is 12.5 Å². The molecule has 144 valence electrons. The first-order chi connectivity index (χ1) is 13.6. The third kappa shape index (κ3) is 4.63. The quantitative estimate of drug-likeness (QED) is 0.680. The Morgan fingerprint density at radius 1 is 1.07 bits per heavy atom. The first-order valence-corrected chi connectivity index (χ1v) is 8.77. The van der Waals surface area contributed by atoms with Crippen molar-refractivity contribution in [1.29, 1.82) is 0 Å². The average Bonchev–Trinajstić information content (AvgIpc) is 2.74. The molecule has 3 aromatic rings. The SMILES string of the molecule is COC(=O)Nc1ccc(-c2cc(C[C@H](N)c3ccccc3)nnc2OC)cc1. The van der Waals surface area contributed by atoms with Crippen molar-refractivity contribution in [2.75, 3.05) is 19.5 Å². The van der Waals surface area contributed by atoms with Gasteiger partial charge in [0.05, 0.1) is 19.9 Å². The highest BCUT2D eigenvalue weighted by Gasteiger charge is 2.14. The van der Waals surface area contributed by atoms with Gasteiger partial charge in [-0.25, -0.2) is 4.79 Å². The fourth-order valence-corrected chi connectivity index (χ4v) is 2.82. The van der Waals surface area contributed by atoms with Gasteiger partial charge in [0.25, 0.3) is 0 Å². The van der Waals surface area contributed by atoms with Gasteiger partial charge in [-0.3, -0.25) is 5.32 Å². The molecule has 1 amide bonds. The number of nitrogens with zero attached hydrogens (tertiary/aromatic N) is 2. The molecule has 0 aliphatic heterocycles. The molecule has 0 aliphatic carbocycles. The first kappa shape index (κ1) is 19.3. The number of hydrogen-bond donors (Lipinski definition) is 2. The van der Waals surface area contributed by atoms with E-state index in [1.165, 1.54) is 7.11 Å². The number of aromatic nitrogens is 2. The maximum atomic E-state index is 11.3. The van der Waals surface area contributed by atoms with Crippen LogP contribution in [0.25, 0.3) is 11.1 Å². The average molecular weight is 378 g/mol. The highest BCUT2D eigenvalue weighted by atomic mass is 16.5. The first-order valence-electron chi connectivity index (χ1n) is 8.77. The Morgan fingerprint density at radius 3 is 2.43 bits per heavy atom. The molecular weight excluding hydrogens is 356 g/mol. The highest BCUT2D eigenvalue weighted by molar-refractivity contribution is 5.85.